The Morgan fingerprint density at radius 3 is 2.64 bits per heavy atom. The van der Waals surface area contributed by atoms with Crippen molar-refractivity contribution in [2.75, 3.05) is 13.2 Å². The fourth-order valence-electron chi connectivity index (χ4n) is 0.927. The molecule has 4 nitrogen and oxygen atoms in total. The first-order valence-electron chi connectivity index (χ1n) is 4.35. The first-order chi connectivity index (χ1) is 6.83. The molecule has 0 fully saturated rings. The van der Waals surface area contributed by atoms with Crippen LogP contribution in [0, 0.1) is 0 Å². The van der Waals surface area contributed by atoms with E-state index in [0.29, 0.717) is 0 Å². The number of carbonyl (C=O) groups excluding carboxylic acids is 1. The Morgan fingerprint density at radius 1 is 1.29 bits per heavy atom. The van der Waals surface area contributed by atoms with Crippen LogP contribution < -0.4 is 5.32 Å². The average molecular weight is 194 g/mol. The molecule has 1 rings (SSSR count). The lowest BCUT2D eigenvalue weighted by Gasteiger charge is -2.04. The van der Waals surface area contributed by atoms with Crippen LogP contribution in [-0.2, 0) is 16.5 Å². The zero-order chi connectivity index (χ0) is 10.2. The van der Waals surface area contributed by atoms with E-state index in [0.717, 1.165) is 5.56 Å². The first-order valence-corrected chi connectivity index (χ1v) is 4.35. The Hall–Kier alpha value is -1.55. The maximum absolute atomic E-state index is 10.9. The van der Waals surface area contributed by atoms with E-state index in [4.69, 9.17) is 4.74 Å². The van der Waals surface area contributed by atoms with Crippen molar-refractivity contribution in [1.82, 2.24) is 5.32 Å². The maximum Gasteiger partial charge on any atom is 0.407 e. The van der Waals surface area contributed by atoms with E-state index >= 15 is 0 Å². The highest BCUT2D eigenvalue weighted by Crippen LogP contribution is 2.00. The second-order valence-corrected chi connectivity index (χ2v) is 2.69. The fourth-order valence-corrected chi connectivity index (χ4v) is 0.927. The van der Waals surface area contributed by atoms with Crippen LogP contribution in [-0.4, -0.2) is 19.2 Å². The zero-order valence-corrected chi connectivity index (χ0v) is 7.73. The molecular weight excluding hydrogens is 182 g/mol. The van der Waals surface area contributed by atoms with Crippen LogP contribution in [0.3, 0.4) is 0 Å². The van der Waals surface area contributed by atoms with Crippen molar-refractivity contribution in [1.29, 1.82) is 0 Å². The summed E-state index contributed by atoms with van der Waals surface area (Å²) in [6, 6.07) is 9.35. The number of nitrogens with one attached hydrogen (secondary N) is 1. The molecule has 0 bridgehead atoms. The van der Waals surface area contributed by atoms with Crippen molar-refractivity contribution in [2.24, 2.45) is 0 Å². The van der Waals surface area contributed by atoms with Gasteiger partial charge in [0.05, 0.1) is 6.61 Å². The number of hydrogen-bond donors (Lipinski definition) is 1. The summed E-state index contributed by atoms with van der Waals surface area (Å²) in [6.45, 7) is -0.000406. The highest BCUT2D eigenvalue weighted by Gasteiger charge is 2.00. The molecule has 0 saturated heterocycles. The lowest BCUT2D eigenvalue weighted by Crippen LogP contribution is -2.26. The summed E-state index contributed by atoms with van der Waals surface area (Å²) in [5.41, 5.74) is 0.921. The van der Waals surface area contributed by atoms with Crippen molar-refractivity contribution < 1.29 is 14.6 Å². The molecule has 1 aromatic rings. The van der Waals surface area contributed by atoms with E-state index < -0.39 is 6.09 Å². The molecule has 0 atom stereocenters. The summed E-state index contributed by atoms with van der Waals surface area (Å²) in [5.74, 6) is 0. The molecule has 0 spiro atoms. The number of alkyl carbamates (subject to hydrolysis) is 1. The van der Waals surface area contributed by atoms with E-state index in [1.54, 1.807) is 0 Å². The van der Waals surface area contributed by atoms with Gasteiger partial charge in [-0.3, -0.25) is 0 Å². The largest absolute Gasteiger partial charge is 0.445 e. The Labute approximate surface area is 82.5 Å². The topological polar surface area (TPSA) is 58.2 Å². The molecule has 14 heavy (non-hydrogen) atoms. The third-order valence-corrected chi connectivity index (χ3v) is 1.58. The number of amides is 1. The predicted molar refractivity (Wildman–Crippen MR) is 50.2 cm³/mol. The van der Waals surface area contributed by atoms with Gasteiger partial charge in [-0.2, -0.15) is 0 Å². The number of hydrogen-bond acceptors (Lipinski definition) is 2. The third-order valence-electron chi connectivity index (χ3n) is 1.58. The average Bonchev–Trinajstić information content (AvgIpc) is 2.25. The van der Waals surface area contributed by atoms with Crippen LogP contribution in [0.15, 0.2) is 30.3 Å². The van der Waals surface area contributed by atoms with Crippen LogP contribution in [0.1, 0.15) is 5.56 Å². The van der Waals surface area contributed by atoms with E-state index in [2.05, 4.69) is 5.32 Å². The molecule has 1 N–H and O–H groups in total. The van der Waals surface area contributed by atoms with Crippen LogP contribution >= 0.6 is 0 Å². The quantitative estimate of drug-likeness (QED) is 0.786. The van der Waals surface area contributed by atoms with E-state index in [9.17, 15) is 9.90 Å². The van der Waals surface area contributed by atoms with Gasteiger partial charge in [0, 0.05) is 6.54 Å². The molecule has 0 saturated carbocycles. The lowest BCUT2D eigenvalue weighted by molar-refractivity contribution is 0.132. The number of benzene rings is 1. The molecule has 75 valence electrons. The summed E-state index contributed by atoms with van der Waals surface area (Å²) >= 11 is 0. The number of rotatable bonds is 4. The fraction of sp³-hybridized carbons (Fsp3) is 0.300. The highest BCUT2D eigenvalue weighted by atomic mass is 16.5. The molecule has 0 aromatic heterocycles. The summed E-state index contributed by atoms with van der Waals surface area (Å²) < 4.78 is 4.84. The van der Waals surface area contributed by atoms with Gasteiger partial charge in [0.1, 0.15) is 6.61 Å². The number of carbonyl (C=O) groups is 1. The Morgan fingerprint density at radius 2 is 2.00 bits per heavy atom. The van der Waals surface area contributed by atoms with Crippen LogP contribution in [0.4, 0.5) is 4.79 Å². The van der Waals surface area contributed by atoms with Gasteiger partial charge in [-0.15, -0.1) is 0 Å². The second kappa shape index (κ2) is 5.99. The van der Waals surface area contributed by atoms with Gasteiger partial charge in [0.2, 0.25) is 0 Å². The Kier molecular flexibility index (Phi) is 4.50. The van der Waals surface area contributed by atoms with E-state index in [-0.39, 0.29) is 19.8 Å². The minimum Gasteiger partial charge on any atom is -0.445 e. The molecule has 0 aliphatic carbocycles. The zero-order valence-electron chi connectivity index (χ0n) is 7.73. The summed E-state index contributed by atoms with van der Waals surface area (Å²) in [5, 5.41) is 12.4. The van der Waals surface area contributed by atoms with Crippen LogP contribution in [0.5, 0.6) is 0 Å². The lowest BCUT2D eigenvalue weighted by atomic mass is 10.2. The molecular formula is C10H12NO3. The van der Waals surface area contributed by atoms with Crippen LogP contribution in [0.2, 0.25) is 0 Å². The Balaban J connectivity index is 2.24. The third kappa shape index (κ3) is 3.91. The smallest absolute Gasteiger partial charge is 0.407 e. The second-order valence-electron chi connectivity index (χ2n) is 2.69. The summed E-state index contributed by atoms with van der Waals surface area (Å²) in [7, 11) is 0. The molecule has 1 amide bonds. The molecule has 0 aliphatic rings. The van der Waals surface area contributed by atoms with Crippen molar-refractivity contribution >= 4 is 6.09 Å². The molecule has 0 heterocycles. The molecule has 1 radical (unpaired) electrons. The van der Waals surface area contributed by atoms with Crippen molar-refractivity contribution in [3.8, 4) is 0 Å². The minimum atomic E-state index is -0.551. The predicted octanol–water partition coefficient (Wildman–Crippen LogP) is 1.34. The van der Waals surface area contributed by atoms with Gasteiger partial charge in [-0.1, -0.05) is 30.3 Å². The normalized spacial score (nSPS) is 9.50. The first kappa shape index (κ1) is 10.5. The van der Waals surface area contributed by atoms with E-state index in [1.807, 2.05) is 30.3 Å². The van der Waals surface area contributed by atoms with Gasteiger partial charge in [-0.05, 0) is 5.56 Å². The van der Waals surface area contributed by atoms with Gasteiger partial charge in [0.25, 0.3) is 0 Å². The van der Waals surface area contributed by atoms with Gasteiger partial charge >= 0.3 is 6.09 Å². The molecule has 0 unspecified atom stereocenters. The monoisotopic (exact) mass is 194 g/mol. The van der Waals surface area contributed by atoms with E-state index in [1.165, 1.54) is 0 Å². The van der Waals surface area contributed by atoms with Crippen molar-refractivity contribution in [3.05, 3.63) is 35.9 Å². The molecule has 1 aromatic carbocycles. The van der Waals surface area contributed by atoms with Crippen molar-refractivity contribution in [3.63, 3.8) is 0 Å². The van der Waals surface area contributed by atoms with Gasteiger partial charge in [0.15, 0.2) is 0 Å². The van der Waals surface area contributed by atoms with Gasteiger partial charge < -0.3 is 10.1 Å². The van der Waals surface area contributed by atoms with Gasteiger partial charge in [-0.25, -0.2) is 9.90 Å². The van der Waals surface area contributed by atoms with Crippen LogP contribution in [0.25, 0.3) is 0 Å². The SMILES string of the molecule is [O]CCNC(=O)OCc1ccccc1. The minimum absolute atomic E-state index is 0.105. The summed E-state index contributed by atoms with van der Waals surface area (Å²) in [6.07, 6.45) is -0.551. The standard InChI is InChI=1S/C10H12NO3/c12-7-6-11-10(13)14-8-9-4-2-1-3-5-9/h1-5H,6-8H2,(H,11,13). The maximum atomic E-state index is 10.9. The van der Waals surface area contributed by atoms with Crippen molar-refractivity contribution in [2.45, 2.75) is 6.61 Å². The Bertz CT molecular complexity index is 274. The molecule has 0 aliphatic heterocycles. The number of ether oxygens (including phenoxy) is 1. The molecule has 4 heteroatoms. The summed E-state index contributed by atoms with van der Waals surface area (Å²) in [4.78, 5) is 10.9. The highest BCUT2D eigenvalue weighted by molar-refractivity contribution is 5.67.